The minimum atomic E-state index is -0.381. The molecule has 9 nitrogen and oxygen atoms in total. The number of benzene rings is 1. The molecule has 0 radical (unpaired) electrons. The van der Waals surface area contributed by atoms with Crippen molar-refractivity contribution in [3.05, 3.63) is 30.5 Å². The van der Waals surface area contributed by atoms with E-state index in [1.54, 1.807) is 31.3 Å². The molecule has 31 heavy (non-hydrogen) atoms. The quantitative estimate of drug-likeness (QED) is 0.500. The highest BCUT2D eigenvalue weighted by Crippen LogP contribution is 2.34. The molecule has 1 aliphatic heterocycles. The Bertz CT molecular complexity index is 1000. The maximum atomic E-state index is 10.0. The van der Waals surface area contributed by atoms with Crippen molar-refractivity contribution >= 4 is 10.9 Å². The van der Waals surface area contributed by atoms with Gasteiger partial charge in [-0.1, -0.05) is 0 Å². The summed E-state index contributed by atoms with van der Waals surface area (Å²) in [6.07, 6.45) is 4.73. The van der Waals surface area contributed by atoms with Crippen molar-refractivity contribution in [2.24, 2.45) is 0 Å². The summed E-state index contributed by atoms with van der Waals surface area (Å²) in [7, 11) is 0. The monoisotopic (exact) mass is 428 g/mol. The van der Waals surface area contributed by atoms with Crippen LogP contribution in [-0.2, 0) is 9.47 Å². The highest BCUT2D eigenvalue weighted by molar-refractivity contribution is 5.93. The second kappa shape index (κ2) is 10.0. The second-order valence-corrected chi connectivity index (χ2v) is 7.64. The number of phenols is 1. The van der Waals surface area contributed by atoms with E-state index in [4.69, 9.17) is 19.3 Å². The average molecular weight is 428 g/mol. The van der Waals surface area contributed by atoms with Crippen LogP contribution in [0.5, 0.6) is 11.8 Å². The molecule has 1 aromatic carbocycles. The van der Waals surface area contributed by atoms with Gasteiger partial charge in [0.05, 0.1) is 23.9 Å². The Morgan fingerprint density at radius 3 is 2.94 bits per heavy atom. The number of aliphatic hydroxyl groups is 1. The largest absolute Gasteiger partial charge is 0.508 e. The van der Waals surface area contributed by atoms with Gasteiger partial charge in [-0.15, -0.1) is 0 Å². The van der Waals surface area contributed by atoms with E-state index in [1.165, 1.54) is 0 Å². The number of aromatic hydroxyl groups is 1. The summed E-state index contributed by atoms with van der Waals surface area (Å²) in [4.78, 5) is 8.67. The van der Waals surface area contributed by atoms with Gasteiger partial charge in [-0.3, -0.25) is 0 Å². The minimum Gasteiger partial charge on any atom is -0.508 e. The zero-order valence-electron chi connectivity index (χ0n) is 17.6. The van der Waals surface area contributed by atoms with Gasteiger partial charge in [-0.25, -0.2) is 9.67 Å². The summed E-state index contributed by atoms with van der Waals surface area (Å²) in [5.41, 5.74) is 2.12. The molecule has 1 fully saturated rings. The Kier molecular flexibility index (Phi) is 6.96. The molecule has 0 spiro atoms. The van der Waals surface area contributed by atoms with E-state index in [1.807, 2.05) is 10.7 Å². The molecule has 9 heteroatoms. The number of hydrogen-bond acceptors (Lipinski definition) is 8. The van der Waals surface area contributed by atoms with Gasteiger partial charge in [-0.05, 0) is 56.9 Å². The standard InChI is InChI=1S/C22H28N4O5/c1-15(27)8-11-29-12-13-31-22-23-9-7-18(24-22)21-17-14-16(28)5-6-19(17)26(25-21)20-4-2-3-10-30-20/h5-7,9,14-15,20,27-28H,2-4,8,10-13H2,1H3/t15-,20?/m0/s1. The Morgan fingerprint density at radius 2 is 2.13 bits per heavy atom. The zero-order chi connectivity index (χ0) is 21.6. The molecule has 1 unspecified atom stereocenters. The third-order valence-electron chi connectivity index (χ3n) is 5.13. The minimum absolute atomic E-state index is 0.133. The number of nitrogens with zero attached hydrogens (tertiary/aromatic N) is 4. The lowest BCUT2D eigenvalue weighted by atomic mass is 10.1. The number of hydrogen-bond donors (Lipinski definition) is 2. The van der Waals surface area contributed by atoms with Gasteiger partial charge < -0.3 is 24.4 Å². The van der Waals surface area contributed by atoms with E-state index in [9.17, 15) is 10.2 Å². The van der Waals surface area contributed by atoms with Gasteiger partial charge in [0.25, 0.3) is 0 Å². The lowest BCUT2D eigenvalue weighted by molar-refractivity contribution is -0.0365. The molecule has 0 aliphatic carbocycles. The van der Waals surface area contributed by atoms with Gasteiger partial charge >= 0.3 is 6.01 Å². The van der Waals surface area contributed by atoms with Gasteiger partial charge in [0.1, 0.15) is 18.1 Å². The topological polar surface area (TPSA) is 112 Å². The molecule has 1 saturated heterocycles. The fraction of sp³-hybridized carbons (Fsp3) is 0.500. The lowest BCUT2D eigenvalue weighted by Crippen LogP contribution is -2.19. The van der Waals surface area contributed by atoms with E-state index in [0.717, 1.165) is 30.2 Å². The second-order valence-electron chi connectivity index (χ2n) is 7.64. The van der Waals surface area contributed by atoms with Crippen LogP contribution in [0.4, 0.5) is 0 Å². The molecule has 2 aromatic heterocycles. The van der Waals surface area contributed by atoms with Crippen molar-refractivity contribution in [3.63, 3.8) is 0 Å². The number of phenolic OH excluding ortho intramolecular Hbond substituents is 1. The highest BCUT2D eigenvalue weighted by atomic mass is 16.5. The summed E-state index contributed by atoms with van der Waals surface area (Å²) in [5, 5.41) is 24.9. The van der Waals surface area contributed by atoms with Crippen LogP contribution in [0.1, 0.15) is 38.8 Å². The van der Waals surface area contributed by atoms with Gasteiger partial charge in [0.2, 0.25) is 0 Å². The summed E-state index contributed by atoms with van der Waals surface area (Å²) < 4.78 is 18.8. The number of fused-ring (bicyclic) bond motifs is 1. The van der Waals surface area contributed by atoms with E-state index in [2.05, 4.69) is 9.97 Å². The fourth-order valence-corrected chi connectivity index (χ4v) is 3.54. The molecule has 3 heterocycles. The predicted molar refractivity (Wildman–Crippen MR) is 114 cm³/mol. The number of rotatable bonds is 9. The SMILES string of the molecule is C[C@H](O)CCOCCOc1nccc(-c2nn(C3CCCCO3)c3ccc(O)cc23)n1. The Hall–Kier alpha value is -2.75. The molecule has 2 N–H and O–H groups in total. The third-order valence-corrected chi connectivity index (χ3v) is 5.13. The van der Waals surface area contributed by atoms with Crippen LogP contribution < -0.4 is 4.74 Å². The van der Waals surface area contributed by atoms with Crippen molar-refractivity contribution in [2.45, 2.75) is 44.9 Å². The molecule has 166 valence electrons. The van der Waals surface area contributed by atoms with Gasteiger partial charge in [0.15, 0.2) is 6.23 Å². The number of ether oxygens (including phenoxy) is 3. The molecule has 0 saturated carbocycles. The van der Waals surface area contributed by atoms with Crippen molar-refractivity contribution in [1.29, 1.82) is 0 Å². The summed E-state index contributed by atoms with van der Waals surface area (Å²) >= 11 is 0. The van der Waals surface area contributed by atoms with Crippen molar-refractivity contribution in [3.8, 4) is 23.1 Å². The molecule has 1 aliphatic rings. The van der Waals surface area contributed by atoms with Crippen LogP contribution in [0, 0.1) is 0 Å². The van der Waals surface area contributed by atoms with Crippen molar-refractivity contribution < 1.29 is 24.4 Å². The number of aliphatic hydroxyl groups excluding tert-OH is 1. The first-order valence-corrected chi connectivity index (χ1v) is 10.7. The fourth-order valence-electron chi connectivity index (χ4n) is 3.54. The van der Waals surface area contributed by atoms with Crippen molar-refractivity contribution in [2.75, 3.05) is 26.4 Å². The van der Waals surface area contributed by atoms with Gasteiger partial charge in [-0.2, -0.15) is 10.1 Å². The molecule has 0 bridgehead atoms. The Labute approximate surface area is 180 Å². The number of aromatic nitrogens is 4. The van der Waals surface area contributed by atoms with E-state index < -0.39 is 0 Å². The third kappa shape index (κ3) is 5.30. The summed E-state index contributed by atoms with van der Waals surface area (Å²) in [6.45, 7) is 3.59. The van der Waals surface area contributed by atoms with Crippen LogP contribution >= 0.6 is 0 Å². The van der Waals surface area contributed by atoms with E-state index in [0.29, 0.717) is 44.2 Å². The Morgan fingerprint density at radius 1 is 1.23 bits per heavy atom. The maximum absolute atomic E-state index is 10.0. The smallest absolute Gasteiger partial charge is 0.317 e. The predicted octanol–water partition coefficient (Wildman–Crippen LogP) is 3.06. The molecular formula is C22H28N4O5. The highest BCUT2D eigenvalue weighted by Gasteiger charge is 2.22. The lowest BCUT2D eigenvalue weighted by Gasteiger charge is -2.23. The molecule has 2 atom stereocenters. The van der Waals surface area contributed by atoms with E-state index in [-0.39, 0.29) is 24.1 Å². The molecular weight excluding hydrogens is 400 g/mol. The summed E-state index contributed by atoms with van der Waals surface area (Å²) in [6, 6.07) is 7.19. The van der Waals surface area contributed by atoms with Gasteiger partial charge in [0, 0.05) is 24.8 Å². The molecule has 3 aromatic rings. The van der Waals surface area contributed by atoms with Crippen LogP contribution in [-0.4, -0.2) is 62.5 Å². The summed E-state index contributed by atoms with van der Waals surface area (Å²) in [5.74, 6) is 0.165. The van der Waals surface area contributed by atoms with Crippen LogP contribution in [0.25, 0.3) is 22.3 Å². The average Bonchev–Trinajstić information content (AvgIpc) is 3.15. The van der Waals surface area contributed by atoms with Crippen LogP contribution in [0.3, 0.4) is 0 Å². The maximum Gasteiger partial charge on any atom is 0.317 e. The molecule has 0 amide bonds. The first kappa shape index (κ1) is 21.5. The molecule has 4 rings (SSSR count). The first-order valence-electron chi connectivity index (χ1n) is 10.7. The zero-order valence-corrected chi connectivity index (χ0v) is 17.6. The van der Waals surface area contributed by atoms with Crippen LogP contribution in [0.2, 0.25) is 0 Å². The Balaban J connectivity index is 1.53. The normalized spacial score (nSPS) is 17.7. The van der Waals surface area contributed by atoms with Crippen molar-refractivity contribution in [1.82, 2.24) is 19.7 Å². The van der Waals surface area contributed by atoms with Crippen LogP contribution in [0.15, 0.2) is 30.5 Å². The first-order chi connectivity index (χ1) is 15.1. The van der Waals surface area contributed by atoms with E-state index >= 15 is 0 Å².